The van der Waals surface area contributed by atoms with Crippen molar-refractivity contribution in [3.8, 4) is 0 Å². The molecule has 0 amide bonds. The van der Waals surface area contributed by atoms with Crippen LogP contribution in [0.5, 0.6) is 0 Å². The van der Waals surface area contributed by atoms with E-state index in [1.807, 2.05) is 17.8 Å². The van der Waals surface area contributed by atoms with Crippen molar-refractivity contribution in [2.45, 2.75) is 12.3 Å². The predicted octanol–water partition coefficient (Wildman–Crippen LogP) is 0.723. The average molecular weight is 150 g/mol. The summed E-state index contributed by atoms with van der Waals surface area (Å²) >= 11 is 0. The fraction of sp³-hybridized carbons (Fsp3) is 0.500. The lowest BCUT2D eigenvalue weighted by atomic mass is 10.2. The van der Waals surface area contributed by atoms with Gasteiger partial charge >= 0.3 is 0 Å². The molecule has 0 saturated heterocycles. The van der Waals surface area contributed by atoms with E-state index in [0.717, 1.165) is 12.7 Å². The molecule has 0 aromatic carbocycles. The summed E-state index contributed by atoms with van der Waals surface area (Å²) in [4.78, 5) is 10.4. The molecule has 0 radical (unpaired) electrons. The van der Waals surface area contributed by atoms with E-state index in [0.29, 0.717) is 5.92 Å². The van der Waals surface area contributed by atoms with Crippen molar-refractivity contribution in [1.29, 1.82) is 0 Å². The van der Waals surface area contributed by atoms with Crippen LogP contribution < -0.4 is 0 Å². The molecule has 0 bridgehead atoms. The molecule has 1 heterocycles. The molecule has 1 aromatic rings. The second-order valence-electron chi connectivity index (χ2n) is 3.02. The first-order valence-corrected chi connectivity index (χ1v) is 3.76. The maximum Gasteiger partial charge on any atom is 0.123 e. The molecule has 1 aliphatic rings. The molecule has 1 aromatic heterocycles. The lowest BCUT2D eigenvalue weighted by molar-refractivity contribution is -0.108. The van der Waals surface area contributed by atoms with E-state index in [9.17, 15) is 4.79 Å². The van der Waals surface area contributed by atoms with Crippen LogP contribution >= 0.6 is 0 Å². The first-order chi connectivity index (χ1) is 5.33. The highest BCUT2D eigenvalue weighted by molar-refractivity contribution is 5.60. The first-order valence-electron chi connectivity index (χ1n) is 3.76. The van der Waals surface area contributed by atoms with Crippen molar-refractivity contribution in [2.75, 3.05) is 0 Å². The number of nitrogens with zero attached hydrogens (tertiary/aromatic N) is 2. The van der Waals surface area contributed by atoms with E-state index in [1.165, 1.54) is 5.69 Å². The molecular formula is C8H10N2O. The zero-order valence-electron chi connectivity index (χ0n) is 6.40. The van der Waals surface area contributed by atoms with Crippen LogP contribution in [0, 0.1) is 5.92 Å². The predicted molar refractivity (Wildman–Crippen MR) is 40.1 cm³/mol. The third-order valence-corrected chi connectivity index (χ3v) is 2.25. The Hall–Kier alpha value is -1.12. The van der Waals surface area contributed by atoms with Crippen molar-refractivity contribution < 1.29 is 4.79 Å². The maximum atomic E-state index is 10.4. The monoisotopic (exact) mass is 150 g/mol. The molecule has 3 nitrogen and oxygen atoms in total. The molecule has 58 valence electrons. The number of aryl methyl sites for hydroxylation is 1. The molecule has 1 fully saturated rings. The molecule has 0 N–H and O–H groups in total. The minimum Gasteiger partial charge on any atom is -0.303 e. The quantitative estimate of drug-likeness (QED) is 0.582. The van der Waals surface area contributed by atoms with Crippen molar-refractivity contribution in [3.05, 3.63) is 18.0 Å². The summed E-state index contributed by atoms with van der Waals surface area (Å²) in [5, 5.41) is 4.05. The molecular weight excluding hydrogens is 140 g/mol. The third-order valence-electron chi connectivity index (χ3n) is 2.25. The Morgan fingerprint density at radius 3 is 3.09 bits per heavy atom. The van der Waals surface area contributed by atoms with Crippen molar-refractivity contribution in [2.24, 2.45) is 13.0 Å². The highest BCUT2D eigenvalue weighted by Gasteiger charge is 2.39. The topological polar surface area (TPSA) is 34.9 Å². The van der Waals surface area contributed by atoms with Gasteiger partial charge in [-0.05, 0) is 12.5 Å². The lowest BCUT2D eigenvalue weighted by Crippen LogP contribution is -1.97. The molecule has 11 heavy (non-hydrogen) atoms. The summed E-state index contributed by atoms with van der Waals surface area (Å²) < 4.78 is 1.84. The second-order valence-corrected chi connectivity index (χ2v) is 3.02. The Labute approximate surface area is 65.0 Å². The van der Waals surface area contributed by atoms with E-state index in [1.54, 1.807) is 6.20 Å². The highest BCUT2D eigenvalue weighted by atomic mass is 16.1. The zero-order valence-corrected chi connectivity index (χ0v) is 6.40. The minimum absolute atomic E-state index is 0.255. The van der Waals surface area contributed by atoms with Crippen LogP contribution in [0.1, 0.15) is 18.0 Å². The van der Waals surface area contributed by atoms with Crippen LogP contribution in [0.3, 0.4) is 0 Å². The third kappa shape index (κ3) is 0.964. The van der Waals surface area contributed by atoms with Gasteiger partial charge in [-0.1, -0.05) is 0 Å². The highest BCUT2D eigenvalue weighted by Crippen LogP contribution is 2.45. The summed E-state index contributed by atoms with van der Waals surface area (Å²) in [7, 11) is 1.91. The Balaban J connectivity index is 2.19. The van der Waals surface area contributed by atoms with Crippen LogP contribution in [0.4, 0.5) is 0 Å². The van der Waals surface area contributed by atoms with E-state index in [-0.39, 0.29) is 5.92 Å². The van der Waals surface area contributed by atoms with Crippen LogP contribution in [0.2, 0.25) is 0 Å². The molecule has 2 rings (SSSR count). The van der Waals surface area contributed by atoms with Crippen LogP contribution in [-0.4, -0.2) is 16.1 Å². The van der Waals surface area contributed by atoms with E-state index >= 15 is 0 Å². The molecule has 1 saturated carbocycles. The van der Waals surface area contributed by atoms with Gasteiger partial charge in [0.1, 0.15) is 6.29 Å². The molecule has 0 spiro atoms. The molecule has 0 aliphatic heterocycles. The van der Waals surface area contributed by atoms with Gasteiger partial charge in [-0.25, -0.2) is 0 Å². The second kappa shape index (κ2) is 2.19. The van der Waals surface area contributed by atoms with Gasteiger partial charge in [0.05, 0.1) is 0 Å². The molecule has 2 atom stereocenters. The van der Waals surface area contributed by atoms with Crippen molar-refractivity contribution in [1.82, 2.24) is 9.78 Å². The normalized spacial score (nSPS) is 28.5. The standard InChI is InChI=1S/C8H10N2O/c1-10-8(2-3-9-10)7-4-6(7)5-11/h2-3,5-7H,4H2,1H3/t6-,7+/m1/s1. The largest absolute Gasteiger partial charge is 0.303 e. The number of carbonyl (C=O) groups is 1. The van der Waals surface area contributed by atoms with Gasteiger partial charge in [-0.15, -0.1) is 0 Å². The zero-order chi connectivity index (χ0) is 7.84. The molecule has 3 heteroatoms. The average Bonchev–Trinajstić information content (AvgIpc) is 2.68. The first kappa shape index (κ1) is 6.58. The smallest absolute Gasteiger partial charge is 0.123 e. The number of carbonyl (C=O) groups excluding carboxylic acids is 1. The maximum absolute atomic E-state index is 10.4. The number of rotatable bonds is 2. The minimum atomic E-state index is 0.255. The fourth-order valence-electron chi connectivity index (χ4n) is 1.45. The Morgan fingerprint density at radius 2 is 2.64 bits per heavy atom. The summed E-state index contributed by atoms with van der Waals surface area (Å²) in [6.45, 7) is 0. The van der Waals surface area contributed by atoms with Gasteiger partial charge in [0, 0.05) is 30.8 Å². The molecule has 0 unspecified atom stereocenters. The van der Waals surface area contributed by atoms with Gasteiger partial charge in [-0.2, -0.15) is 5.10 Å². The van der Waals surface area contributed by atoms with Gasteiger partial charge in [0.25, 0.3) is 0 Å². The number of hydrogen-bond donors (Lipinski definition) is 0. The lowest BCUT2D eigenvalue weighted by Gasteiger charge is -1.96. The summed E-state index contributed by atoms with van der Waals surface area (Å²) in [6.07, 6.45) is 3.82. The SMILES string of the molecule is Cn1nccc1[C@H]1C[C@@H]1C=O. The fourth-order valence-corrected chi connectivity index (χ4v) is 1.45. The van der Waals surface area contributed by atoms with Gasteiger partial charge in [0.2, 0.25) is 0 Å². The Morgan fingerprint density at radius 1 is 1.82 bits per heavy atom. The summed E-state index contributed by atoms with van der Waals surface area (Å²) in [5.41, 5.74) is 1.18. The summed E-state index contributed by atoms with van der Waals surface area (Å²) in [6, 6.07) is 1.98. The number of aromatic nitrogens is 2. The van der Waals surface area contributed by atoms with Crippen LogP contribution in [0.25, 0.3) is 0 Å². The van der Waals surface area contributed by atoms with E-state index < -0.39 is 0 Å². The van der Waals surface area contributed by atoms with Gasteiger partial charge in [-0.3, -0.25) is 4.68 Å². The number of hydrogen-bond acceptors (Lipinski definition) is 2. The van der Waals surface area contributed by atoms with E-state index in [4.69, 9.17) is 0 Å². The Kier molecular flexibility index (Phi) is 1.31. The van der Waals surface area contributed by atoms with Gasteiger partial charge in [0.15, 0.2) is 0 Å². The van der Waals surface area contributed by atoms with E-state index in [2.05, 4.69) is 5.10 Å². The van der Waals surface area contributed by atoms with Crippen molar-refractivity contribution in [3.63, 3.8) is 0 Å². The van der Waals surface area contributed by atoms with Crippen LogP contribution in [0.15, 0.2) is 12.3 Å². The Bertz CT molecular complexity index is 279. The molecule has 1 aliphatic carbocycles. The van der Waals surface area contributed by atoms with Crippen molar-refractivity contribution >= 4 is 6.29 Å². The number of aldehydes is 1. The van der Waals surface area contributed by atoms with Gasteiger partial charge < -0.3 is 4.79 Å². The summed E-state index contributed by atoms with van der Waals surface area (Å²) in [5.74, 6) is 0.699. The van der Waals surface area contributed by atoms with Crippen LogP contribution in [-0.2, 0) is 11.8 Å².